The van der Waals surface area contributed by atoms with Crippen LogP contribution in [0.3, 0.4) is 0 Å². The third-order valence-corrected chi connectivity index (χ3v) is 5.39. The summed E-state index contributed by atoms with van der Waals surface area (Å²) in [5, 5.41) is 6.47. The number of rotatable bonds is 6. The molecule has 1 unspecified atom stereocenters. The van der Waals surface area contributed by atoms with Crippen LogP contribution in [0.2, 0.25) is 0 Å². The average molecular weight is 423 g/mol. The van der Waals surface area contributed by atoms with E-state index in [1.807, 2.05) is 66.8 Å². The highest BCUT2D eigenvalue weighted by Gasteiger charge is 2.26. The monoisotopic (exact) mass is 422 g/mol. The zero-order valence-electron chi connectivity index (χ0n) is 16.7. The van der Waals surface area contributed by atoms with E-state index < -0.39 is 0 Å². The van der Waals surface area contributed by atoms with Gasteiger partial charge in [-0.05, 0) is 41.5 Å². The molecule has 1 amide bonds. The largest absolute Gasteiger partial charge is 0.496 e. The molecule has 2 aromatic carbocycles. The van der Waals surface area contributed by atoms with Gasteiger partial charge in [0.2, 0.25) is 0 Å². The fourth-order valence-electron chi connectivity index (χ4n) is 3.53. The molecule has 1 aliphatic heterocycles. The minimum Gasteiger partial charge on any atom is -0.496 e. The van der Waals surface area contributed by atoms with Crippen molar-refractivity contribution in [2.24, 2.45) is 0 Å². The first-order valence-corrected chi connectivity index (χ1v) is 10.3. The predicted octanol–water partition coefficient (Wildman–Crippen LogP) is 4.50. The summed E-state index contributed by atoms with van der Waals surface area (Å²) >= 11 is 5.91. The van der Waals surface area contributed by atoms with E-state index in [0.29, 0.717) is 24.5 Å². The molecule has 1 atom stereocenters. The molecule has 0 radical (unpaired) electrons. The molecular weight excluding hydrogens is 400 g/mol. The molecule has 6 heteroatoms. The van der Waals surface area contributed by atoms with E-state index in [0.717, 1.165) is 33.9 Å². The van der Waals surface area contributed by atoms with E-state index in [2.05, 4.69) is 10.6 Å². The van der Waals surface area contributed by atoms with Crippen molar-refractivity contribution >= 4 is 17.5 Å². The van der Waals surface area contributed by atoms with Crippen molar-refractivity contribution in [3.63, 3.8) is 0 Å². The van der Waals surface area contributed by atoms with Gasteiger partial charge >= 0.3 is 0 Å². The van der Waals surface area contributed by atoms with E-state index in [-0.39, 0.29) is 12.1 Å². The Morgan fingerprint density at radius 3 is 2.87 bits per heavy atom. The van der Waals surface area contributed by atoms with Gasteiger partial charge in [-0.3, -0.25) is 4.79 Å². The number of methoxy groups -OCH3 is 1. The van der Waals surface area contributed by atoms with Gasteiger partial charge < -0.3 is 20.1 Å². The van der Waals surface area contributed by atoms with Crippen LogP contribution < -0.4 is 20.1 Å². The van der Waals surface area contributed by atoms with Crippen molar-refractivity contribution in [1.82, 2.24) is 10.6 Å². The van der Waals surface area contributed by atoms with Crippen LogP contribution in [0.1, 0.15) is 29.3 Å². The summed E-state index contributed by atoms with van der Waals surface area (Å²) < 4.78 is 11.5. The van der Waals surface area contributed by atoms with Crippen molar-refractivity contribution in [3.05, 3.63) is 94.7 Å². The molecule has 30 heavy (non-hydrogen) atoms. The molecule has 4 rings (SSSR count). The number of halogens is 1. The summed E-state index contributed by atoms with van der Waals surface area (Å²) in [4.78, 5) is 12.6. The number of hydrogen-bond acceptors (Lipinski definition) is 4. The third kappa shape index (κ3) is 4.36. The number of amides is 1. The predicted molar refractivity (Wildman–Crippen MR) is 117 cm³/mol. The van der Waals surface area contributed by atoms with Gasteiger partial charge in [0, 0.05) is 23.6 Å². The lowest BCUT2D eigenvalue weighted by molar-refractivity contribution is -0.118. The second kappa shape index (κ2) is 9.09. The fraction of sp³-hybridized carbons (Fsp3) is 0.208. The van der Waals surface area contributed by atoms with Crippen molar-refractivity contribution in [3.8, 4) is 11.5 Å². The number of nitrogens with one attached hydrogen (secondary N) is 2. The van der Waals surface area contributed by atoms with Gasteiger partial charge in [-0.1, -0.05) is 36.4 Å². The van der Waals surface area contributed by atoms with Gasteiger partial charge in [0.1, 0.15) is 24.3 Å². The molecule has 154 valence electrons. The van der Waals surface area contributed by atoms with Crippen LogP contribution in [0.4, 0.5) is 0 Å². The van der Waals surface area contributed by atoms with Gasteiger partial charge in [0.15, 0.2) is 0 Å². The molecule has 0 saturated carbocycles. The zero-order valence-corrected chi connectivity index (χ0v) is 17.4. The number of carbonyl (C=O) groups is 1. The normalized spacial score (nSPS) is 17.7. The SMILES string of the molecule is COc1ccc(C2NC(=O)C3=C(CC=CC=C3)N2)cc1COc1cccc(CCl)c1. The molecule has 0 spiro atoms. The number of benzene rings is 2. The maximum Gasteiger partial charge on any atom is 0.254 e. The standard InChI is InChI=1S/C24H23ClN2O3/c1-29-22-11-10-17(13-18(22)15-30-19-7-5-6-16(12-19)14-25)23-26-21-9-4-2-3-8-20(21)24(28)27-23/h2-8,10-13,23,26H,9,14-15H2,1H3,(H,27,28). The highest BCUT2D eigenvalue weighted by molar-refractivity contribution is 6.17. The molecule has 0 bridgehead atoms. The Bertz CT molecular complexity index is 1040. The topological polar surface area (TPSA) is 59.6 Å². The Morgan fingerprint density at radius 1 is 1.13 bits per heavy atom. The number of ether oxygens (including phenoxy) is 2. The minimum absolute atomic E-state index is 0.0831. The quantitative estimate of drug-likeness (QED) is 0.673. The second-order valence-corrected chi connectivity index (χ2v) is 7.34. The van der Waals surface area contributed by atoms with Crippen LogP contribution in [-0.4, -0.2) is 13.0 Å². The highest BCUT2D eigenvalue weighted by Crippen LogP contribution is 2.28. The lowest BCUT2D eigenvalue weighted by Crippen LogP contribution is -2.43. The second-order valence-electron chi connectivity index (χ2n) is 7.08. The van der Waals surface area contributed by atoms with E-state index in [1.165, 1.54) is 0 Å². The maximum absolute atomic E-state index is 12.6. The maximum atomic E-state index is 12.6. The van der Waals surface area contributed by atoms with Crippen molar-refractivity contribution < 1.29 is 14.3 Å². The lowest BCUT2D eigenvalue weighted by Gasteiger charge is -2.29. The van der Waals surface area contributed by atoms with E-state index in [1.54, 1.807) is 7.11 Å². The molecule has 1 heterocycles. The average Bonchev–Trinajstić information content (AvgIpc) is 3.03. The van der Waals surface area contributed by atoms with Crippen LogP contribution >= 0.6 is 11.6 Å². The van der Waals surface area contributed by atoms with E-state index in [4.69, 9.17) is 21.1 Å². The Kier molecular flexibility index (Phi) is 6.10. The minimum atomic E-state index is -0.319. The van der Waals surface area contributed by atoms with E-state index in [9.17, 15) is 4.79 Å². The molecule has 5 nitrogen and oxygen atoms in total. The smallest absolute Gasteiger partial charge is 0.254 e. The summed E-state index contributed by atoms with van der Waals surface area (Å²) in [7, 11) is 1.63. The number of alkyl halides is 1. The molecule has 2 aliphatic rings. The van der Waals surface area contributed by atoms with Gasteiger partial charge in [0.25, 0.3) is 5.91 Å². The summed E-state index contributed by atoms with van der Waals surface area (Å²) in [6, 6.07) is 13.5. The summed E-state index contributed by atoms with van der Waals surface area (Å²) in [5.74, 6) is 1.83. The number of carbonyl (C=O) groups excluding carboxylic acids is 1. The molecule has 0 saturated heterocycles. The molecular formula is C24H23ClN2O3. The first kappa shape index (κ1) is 20.1. The third-order valence-electron chi connectivity index (χ3n) is 5.08. The molecule has 2 N–H and O–H groups in total. The Morgan fingerprint density at radius 2 is 2.03 bits per heavy atom. The lowest BCUT2D eigenvalue weighted by atomic mass is 10.0. The summed E-state index contributed by atoms with van der Waals surface area (Å²) in [6.45, 7) is 0.336. The van der Waals surface area contributed by atoms with Crippen LogP contribution in [-0.2, 0) is 17.3 Å². The van der Waals surface area contributed by atoms with E-state index >= 15 is 0 Å². The summed E-state index contributed by atoms with van der Waals surface area (Å²) in [5.41, 5.74) is 4.41. The number of allylic oxidation sites excluding steroid dienone is 3. The zero-order chi connectivity index (χ0) is 20.9. The molecule has 0 fully saturated rings. The highest BCUT2D eigenvalue weighted by atomic mass is 35.5. The van der Waals surface area contributed by atoms with Gasteiger partial charge in [-0.15, -0.1) is 11.6 Å². The molecule has 0 aromatic heterocycles. The van der Waals surface area contributed by atoms with Crippen molar-refractivity contribution in [2.75, 3.05) is 7.11 Å². The molecule has 2 aromatic rings. The fourth-order valence-corrected chi connectivity index (χ4v) is 3.70. The van der Waals surface area contributed by atoms with Gasteiger partial charge in [-0.25, -0.2) is 0 Å². The summed E-state index contributed by atoms with van der Waals surface area (Å²) in [6.07, 6.45) is 8.06. The number of hydrogen-bond donors (Lipinski definition) is 2. The van der Waals surface area contributed by atoms with Crippen molar-refractivity contribution in [2.45, 2.75) is 25.1 Å². The Balaban J connectivity index is 1.55. The van der Waals surface area contributed by atoms with Crippen LogP contribution in [0.15, 0.2) is 78.0 Å². The Labute approximate surface area is 181 Å². The van der Waals surface area contributed by atoms with Gasteiger partial charge in [0.05, 0.1) is 12.7 Å². The van der Waals surface area contributed by atoms with Crippen molar-refractivity contribution in [1.29, 1.82) is 0 Å². The van der Waals surface area contributed by atoms with Gasteiger partial charge in [-0.2, -0.15) is 0 Å². The Hall–Kier alpha value is -3.18. The first-order chi connectivity index (χ1) is 14.7. The molecule has 1 aliphatic carbocycles. The first-order valence-electron chi connectivity index (χ1n) is 9.76. The van der Waals surface area contributed by atoms with Crippen LogP contribution in [0.5, 0.6) is 11.5 Å². The van der Waals surface area contributed by atoms with Crippen LogP contribution in [0, 0.1) is 0 Å². The van der Waals surface area contributed by atoms with Crippen LogP contribution in [0.25, 0.3) is 0 Å².